The smallest absolute Gasteiger partial charge is 0.262 e. The zero-order valence-corrected chi connectivity index (χ0v) is 14.3. The molecule has 25 heavy (non-hydrogen) atoms. The van der Waals surface area contributed by atoms with E-state index in [0.29, 0.717) is 13.2 Å². The van der Waals surface area contributed by atoms with E-state index >= 15 is 0 Å². The van der Waals surface area contributed by atoms with Crippen LogP contribution in [-0.4, -0.2) is 28.8 Å². The molecule has 0 bridgehead atoms. The first-order chi connectivity index (χ1) is 12.3. The Kier molecular flexibility index (Phi) is 3.50. The van der Waals surface area contributed by atoms with Crippen LogP contribution in [0.3, 0.4) is 0 Å². The number of hydrogen-bond acceptors (Lipinski definition) is 6. The largest absolute Gasteiger partial charge is 0.486 e. The number of nitrogens with zero attached hydrogens (tertiary/aromatic N) is 2. The fourth-order valence-corrected chi connectivity index (χ4v) is 4.60. The molecule has 0 amide bonds. The molecule has 0 unspecified atom stereocenters. The quantitative estimate of drug-likeness (QED) is 0.761. The van der Waals surface area contributed by atoms with Crippen molar-refractivity contribution in [3.63, 3.8) is 0 Å². The number of thiophene rings is 1. The average Bonchev–Trinajstić information content (AvgIpc) is 3.03. The molecule has 5 rings (SSSR count). The van der Waals surface area contributed by atoms with Crippen LogP contribution in [0, 0.1) is 0 Å². The predicted octanol–water partition coefficient (Wildman–Crippen LogP) is 1.94. The van der Waals surface area contributed by atoms with Crippen LogP contribution in [0.1, 0.15) is 10.4 Å². The summed E-state index contributed by atoms with van der Waals surface area (Å²) < 4.78 is 13.4. The SMILES string of the molecule is O=c1c2c3c(sc2ncn1C[C@H]1COc2ccccc2O1)CNCC3. The first-order valence-corrected chi connectivity index (χ1v) is 9.20. The second kappa shape index (κ2) is 5.86. The summed E-state index contributed by atoms with van der Waals surface area (Å²) in [6.45, 7) is 2.59. The Bertz CT molecular complexity index is 1010. The maximum atomic E-state index is 13.0. The van der Waals surface area contributed by atoms with Crippen LogP contribution >= 0.6 is 11.3 Å². The lowest BCUT2D eigenvalue weighted by Crippen LogP contribution is -2.36. The number of hydrogen-bond donors (Lipinski definition) is 1. The van der Waals surface area contributed by atoms with Crippen molar-refractivity contribution in [1.82, 2.24) is 14.9 Å². The fraction of sp³-hybridized carbons (Fsp3) is 0.333. The standard InChI is InChI=1S/C18H17N3O3S/c22-18-16-12-5-6-19-7-15(12)25-17(16)20-10-21(18)8-11-9-23-13-3-1-2-4-14(13)24-11/h1-4,10-11,19H,5-9H2/t11-/m0/s1. The van der Waals surface area contributed by atoms with Gasteiger partial charge in [-0.2, -0.15) is 0 Å². The van der Waals surface area contributed by atoms with E-state index in [2.05, 4.69) is 10.3 Å². The highest BCUT2D eigenvalue weighted by Gasteiger charge is 2.24. The van der Waals surface area contributed by atoms with Gasteiger partial charge in [0.1, 0.15) is 11.4 Å². The molecule has 7 heteroatoms. The Morgan fingerprint density at radius 3 is 3.12 bits per heavy atom. The van der Waals surface area contributed by atoms with E-state index in [9.17, 15) is 4.79 Å². The minimum atomic E-state index is -0.206. The molecule has 2 aliphatic heterocycles. The Hall–Kier alpha value is -2.38. The highest BCUT2D eigenvalue weighted by Crippen LogP contribution is 2.32. The molecule has 2 aliphatic rings. The zero-order chi connectivity index (χ0) is 16.8. The van der Waals surface area contributed by atoms with Crippen molar-refractivity contribution in [2.24, 2.45) is 0 Å². The zero-order valence-electron chi connectivity index (χ0n) is 13.5. The molecule has 1 atom stereocenters. The van der Waals surface area contributed by atoms with Crippen molar-refractivity contribution < 1.29 is 9.47 Å². The summed E-state index contributed by atoms with van der Waals surface area (Å²) in [5.41, 5.74) is 1.18. The number of ether oxygens (including phenoxy) is 2. The van der Waals surface area contributed by atoms with Gasteiger partial charge in [0.05, 0.1) is 18.3 Å². The van der Waals surface area contributed by atoms with Crippen LogP contribution in [0.25, 0.3) is 10.2 Å². The lowest BCUT2D eigenvalue weighted by molar-refractivity contribution is 0.0777. The third kappa shape index (κ3) is 2.51. The fourth-order valence-electron chi connectivity index (χ4n) is 3.45. The molecule has 4 heterocycles. The van der Waals surface area contributed by atoms with Gasteiger partial charge < -0.3 is 14.8 Å². The van der Waals surface area contributed by atoms with Crippen molar-refractivity contribution in [2.45, 2.75) is 25.6 Å². The van der Waals surface area contributed by atoms with Crippen molar-refractivity contribution in [2.75, 3.05) is 13.2 Å². The monoisotopic (exact) mass is 355 g/mol. The third-order valence-corrected chi connectivity index (χ3v) is 5.81. The number of fused-ring (bicyclic) bond motifs is 4. The lowest BCUT2D eigenvalue weighted by atomic mass is 10.1. The molecule has 0 aliphatic carbocycles. The van der Waals surface area contributed by atoms with Crippen molar-refractivity contribution in [1.29, 1.82) is 0 Å². The Balaban J connectivity index is 1.48. The van der Waals surface area contributed by atoms with Gasteiger partial charge in [-0.15, -0.1) is 11.3 Å². The lowest BCUT2D eigenvalue weighted by Gasteiger charge is -2.26. The van der Waals surface area contributed by atoms with Gasteiger partial charge in [0.25, 0.3) is 5.56 Å². The second-order valence-corrected chi connectivity index (χ2v) is 7.39. The van der Waals surface area contributed by atoms with E-state index in [1.165, 1.54) is 4.88 Å². The van der Waals surface area contributed by atoms with E-state index in [1.54, 1.807) is 22.2 Å². The van der Waals surface area contributed by atoms with Crippen LogP contribution in [0.15, 0.2) is 35.4 Å². The molecule has 128 valence electrons. The number of aromatic nitrogens is 2. The van der Waals surface area contributed by atoms with Crippen LogP contribution in [-0.2, 0) is 19.5 Å². The van der Waals surface area contributed by atoms with Crippen molar-refractivity contribution in [3.8, 4) is 11.5 Å². The molecule has 0 radical (unpaired) electrons. The van der Waals surface area contributed by atoms with Crippen LogP contribution in [0.5, 0.6) is 11.5 Å². The topological polar surface area (TPSA) is 65.4 Å². The van der Waals surface area contributed by atoms with Crippen LogP contribution in [0.2, 0.25) is 0 Å². The molecule has 0 saturated heterocycles. The van der Waals surface area contributed by atoms with E-state index in [4.69, 9.17) is 9.47 Å². The minimum absolute atomic E-state index is 0.0202. The van der Waals surface area contributed by atoms with Gasteiger partial charge in [0.2, 0.25) is 0 Å². The summed E-state index contributed by atoms with van der Waals surface area (Å²) in [6, 6.07) is 7.60. The molecular weight excluding hydrogens is 338 g/mol. The molecule has 2 aromatic heterocycles. The van der Waals surface area contributed by atoms with Gasteiger partial charge in [0, 0.05) is 11.4 Å². The van der Waals surface area contributed by atoms with Crippen LogP contribution < -0.4 is 20.3 Å². The van der Waals surface area contributed by atoms with Gasteiger partial charge >= 0.3 is 0 Å². The van der Waals surface area contributed by atoms with Gasteiger partial charge in [-0.3, -0.25) is 9.36 Å². The summed E-state index contributed by atoms with van der Waals surface area (Å²) in [5.74, 6) is 1.47. The van der Waals surface area contributed by atoms with Gasteiger partial charge in [0.15, 0.2) is 17.6 Å². The Morgan fingerprint density at radius 2 is 2.20 bits per heavy atom. The summed E-state index contributed by atoms with van der Waals surface area (Å²) in [5, 5.41) is 4.13. The predicted molar refractivity (Wildman–Crippen MR) is 95.6 cm³/mol. The van der Waals surface area contributed by atoms with Crippen molar-refractivity contribution >= 4 is 21.6 Å². The molecule has 3 aromatic rings. The molecule has 1 aromatic carbocycles. The van der Waals surface area contributed by atoms with E-state index in [1.807, 2.05) is 24.3 Å². The molecule has 6 nitrogen and oxygen atoms in total. The summed E-state index contributed by atoms with van der Waals surface area (Å²) in [6.07, 6.45) is 2.30. The molecule has 1 N–H and O–H groups in total. The maximum Gasteiger partial charge on any atom is 0.262 e. The minimum Gasteiger partial charge on any atom is -0.486 e. The van der Waals surface area contributed by atoms with E-state index in [-0.39, 0.29) is 11.7 Å². The molecule has 0 saturated carbocycles. The molecule has 0 spiro atoms. The maximum absolute atomic E-state index is 13.0. The number of para-hydroxylation sites is 2. The highest BCUT2D eigenvalue weighted by atomic mass is 32.1. The van der Waals surface area contributed by atoms with Crippen molar-refractivity contribution in [3.05, 3.63) is 51.4 Å². The second-order valence-electron chi connectivity index (χ2n) is 6.31. The van der Waals surface area contributed by atoms with Gasteiger partial charge in [-0.25, -0.2) is 4.98 Å². The normalized spacial score (nSPS) is 19.0. The summed E-state index contributed by atoms with van der Waals surface area (Å²) >= 11 is 1.62. The third-order valence-electron chi connectivity index (χ3n) is 4.67. The number of benzene rings is 1. The van der Waals surface area contributed by atoms with E-state index < -0.39 is 0 Å². The van der Waals surface area contributed by atoms with Gasteiger partial charge in [-0.1, -0.05) is 12.1 Å². The van der Waals surface area contributed by atoms with Crippen LogP contribution in [0.4, 0.5) is 0 Å². The van der Waals surface area contributed by atoms with E-state index in [0.717, 1.165) is 46.8 Å². The number of nitrogens with one attached hydrogen (secondary N) is 1. The summed E-state index contributed by atoms with van der Waals surface area (Å²) in [4.78, 5) is 19.6. The highest BCUT2D eigenvalue weighted by molar-refractivity contribution is 7.18. The average molecular weight is 355 g/mol. The number of rotatable bonds is 2. The summed E-state index contributed by atoms with van der Waals surface area (Å²) in [7, 11) is 0. The van der Waals surface area contributed by atoms with Gasteiger partial charge in [-0.05, 0) is 30.7 Å². The Labute approximate surface area is 148 Å². The first-order valence-electron chi connectivity index (χ1n) is 8.38. The first kappa shape index (κ1) is 14.9. The molecular formula is C18H17N3O3S. The molecule has 0 fully saturated rings. The Morgan fingerprint density at radius 1 is 1.32 bits per heavy atom.